The average molecular weight is 351 g/mol. The Balaban J connectivity index is 1.99. The summed E-state index contributed by atoms with van der Waals surface area (Å²) in [6, 6.07) is 9.36. The van der Waals surface area contributed by atoms with Crippen molar-refractivity contribution in [3.05, 3.63) is 41.0 Å². The topological polar surface area (TPSA) is 59.0 Å². The van der Waals surface area contributed by atoms with Crippen LogP contribution in [-0.4, -0.2) is 21.7 Å². The highest BCUT2D eigenvalue weighted by Crippen LogP contribution is 2.16. The van der Waals surface area contributed by atoms with Crippen LogP contribution >= 0.6 is 15.9 Å². The van der Waals surface area contributed by atoms with E-state index in [1.165, 1.54) is 0 Å². The lowest BCUT2D eigenvalue weighted by Crippen LogP contribution is -2.32. The van der Waals surface area contributed by atoms with Gasteiger partial charge >= 0.3 is 0 Å². The Bertz CT molecular complexity index is 606. The molecule has 1 atom stereocenters. The first-order valence-electron chi connectivity index (χ1n) is 6.84. The van der Waals surface area contributed by atoms with Crippen LogP contribution in [0, 0.1) is 0 Å². The van der Waals surface area contributed by atoms with E-state index in [0.29, 0.717) is 5.82 Å². The van der Waals surface area contributed by atoms with Gasteiger partial charge in [-0.1, -0.05) is 15.9 Å². The smallest absolute Gasteiger partial charge is 0.247 e. The number of rotatable bonds is 5. The van der Waals surface area contributed by atoms with Gasteiger partial charge in [0, 0.05) is 22.3 Å². The number of nitrogens with zero attached hydrogens (tertiary/aromatic N) is 2. The monoisotopic (exact) mass is 350 g/mol. The summed E-state index contributed by atoms with van der Waals surface area (Å²) in [5.74, 6) is 0.611. The van der Waals surface area contributed by atoms with Crippen LogP contribution in [0.25, 0.3) is 0 Å². The largest absolute Gasteiger partial charge is 0.374 e. The molecule has 0 unspecified atom stereocenters. The lowest BCUT2D eigenvalue weighted by molar-refractivity contribution is -0.116. The van der Waals surface area contributed by atoms with Gasteiger partial charge in [0.05, 0.1) is 6.20 Å². The predicted molar refractivity (Wildman–Crippen MR) is 88.5 cm³/mol. The lowest BCUT2D eigenvalue weighted by atomic mass is 10.2. The van der Waals surface area contributed by atoms with E-state index in [-0.39, 0.29) is 18.0 Å². The molecule has 0 radical (unpaired) electrons. The molecule has 0 saturated heterocycles. The van der Waals surface area contributed by atoms with Gasteiger partial charge in [-0.2, -0.15) is 5.10 Å². The van der Waals surface area contributed by atoms with Gasteiger partial charge in [0.15, 0.2) is 0 Å². The minimum absolute atomic E-state index is 0.0969. The zero-order chi connectivity index (χ0) is 15.4. The molecule has 0 aliphatic heterocycles. The van der Waals surface area contributed by atoms with Crippen LogP contribution in [0.2, 0.25) is 0 Å². The number of benzene rings is 1. The molecule has 1 aromatic carbocycles. The van der Waals surface area contributed by atoms with Crippen molar-refractivity contribution in [1.82, 2.24) is 9.78 Å². The summed E-state index contributed by atoms with van der Waals surface area (Å²) >= 11 is 3.39. The Morgan fingerprint density at radius 3 is 2.48 bits per heavy atom. The molecule has 2 rings (SSSR count). The number of carbonyl (C=O) groups excluding carboxylic acids is 1. The fraction of sp³-hybridized carbons (Fsp3) is 0.333. The number of halogens is 1. The van der Waals surface area contributed by atoms with E-state index in [1.54, 1.807) is 16.9 Å². The van der Waals surface area contributed by atoms with E-state index in [4.69, 9.17) is 0 Å². The first-order chi connectivity index (χ1) is 9.97. The molecule has 6 heteroatoms. The Hall–Kier alpha value is -1.82. The number of nitrogens with one attached hydrogen (secondary N) is 2. The summed E-state index contributed by atoms with van der Waals surface area (Å²) in [7, 11) is 0. The van der Waals surface area contributed by atoms with Crippen LogP contribution in [0.4, 0.5) is 11.5 Å². The van der Waals surface area contributed by atoms with Crippen molar-refractivity contribution >= 4 is 33.3 Å². The standard InChI is InChI=1S/C15H19BrN4O/c1-10(2)20-14(8-9-17-20)19-15(21)11(3)18-13-6-4-12(16)5-7-13/h4-11,18H,1-3H3,(H,19,21)/t11-/m0/s1. The van der Waals surface area contributed by atoms with Gasteiger partial charge in [0.1, 0.15) is 11.9 Å². The SMILES string of the molecule is CC(C)n1nccc1NC(=O)[C@H](C)Nc1ccc(Br)cc1. The maximum atomic E-state index is 12.2. The van der Waals surface area contributed by atoms with E-state index in [0.717, 1.165) is 10.2 Å². The lowest BCUT2D eigenvalue weighted by Gasteiger charge is -2.17. The van der Waals surface area contributed by atoms with Gasteiger partial charge in [0.25, 0.3) is 0 Å². The molecule has 112 valence electrons. The van der Waals surface area contributed by atoms with E-state index in [9.17, 15) is 4.79 Å². The van der Waals surface area contributed by atoms with Crippen molar-refractivity contribution in [2.45, 2.75) is 32.9 Å². The molecule has 0 bridgehead atoms. The predicted octanol–water partition coefficient (Wildman–Crippen LogP) is 3.67. The highest BCUT2D eigenvalue weighted by Gasteiger charge is 2.15. The molecular formula is C15H19BrN4O. The van der Waals surface area contributed by atoms with Gasteiger partial charge in [-0.15, -0.1) is 0 Å². The molecule has 2 aromatic rings. The third kappa shape index (κ3) is 4.07. The summed E-state index contributed by atoms with van der Waals surface area (Å²) < 4.78 is 2.79. The maximum Gasteiger partial charge on any atom is 0.247 e. The van der Waals surface area contributed by atoms with Crippen LogP contribution in [-0.2, 0) is 4.79 Å². The quantitative estimate of drug-likeness (QED) is 0.864. The zero-order valence-electron chi connectivity index (χ0n) is 12.3. The third-order valence-electron chi connectivity index (χ3n) is 3.03. The Kier molecular flexibility index (Phi) is 5.01. The molecule has 21 heavy (non-hydrogen) atoms. The molecule has 1 heterocycles. The molecule has 0 aliphatic carbocycles. The summed E-state index contributed by atoms with van der Waals surface area (Å²) in [5, 5.41) is 10.3. The highest BCUT2D eigenvalue weighted by atomic mass is 79.9. The molecule has 5 nitrogen and oxygen atoms in total. The van der Waals surface area contributed by atoms with E-state index in [1.807, 2.05) is 45.0 Å². The molecule has 0 aliphatic rings. The summed E-state index contributed by atoms with van der Waals surface area (Å²) in [4.78, 5) is 12.2. The van der Waals surface area contributed by atoms with E-state index >= 15 is 0 Å². The van der Waals surface area contributed by atoms with Crippen molar-refractivity contribution < 1.29 is 4.79 Å². The number of amides is 1. The summed E-state index contributed by atoms with van der Waals surface area (Å²) in [6.07, 6.45) is 1.68. The number of hydrogen-bond acceptors (Lipinski definition) is 3. The molecule has 1 aromatic heterocycles. The van der Waals surface area contributed by atoms with Crippen LogP contribution < -0.4 is 10.6 Å². The highest BCUT2D eigenvalue weighted by molar-refractivity contribution is 9.10. The van der Waals surface area contributed by atoms with Crippen LogP contribution in [0.5, 0.6) is 0 Å². The molecule has 2 N–H and O–H groups in total. The van der Waals surface area contributed by atoms with E-state index in [2.05, 4.69) is 31.7 Å². The van der Waals surface area contributed by atoms with Crippen LogP contribution in [0.15, 0.2) is 41.0 Å². The van der Waals surface area contributed by atoms with Gasteiger partial charge in [-0.3, -0.25) is 4.79 Å². The van der Waals surface area contributed by atoms with Crippen molar-refractivity contribution in [1.29, 1.82) is 0 Å². The zero-order valence-corrected chi connectivity index (χ0v) is 13.9. The second kappa shape index (κ2) is 6.76. The van der Waals surface area contributed by atoms with Gasteiger partial charge in [-0.25, -0.2) is 4.68 Å². The Labute approximate surface area is 132 Å². The second-order valence-corrected chi connectivity index (χ2v) is 6.03. The van der Waals surface area contributed by atoms with Crippen LogP contribution in [0.3, 0.4) is 0 Å². The molecule has 0 saturated carbocycles. The summed E-state index contributed by atoms with van der Waals surface area (Å²) in [6.45, 7) is 5.87. The van der Waals surface area contributed by atoms with Crippen LogP contribution in [0.1, 0.15) is 26.8 Å². The summed E-state index contributed by atoms with van der Waals surface area (Å²) in [5.41, 5.74) is 0.901. The first-order valence-corrected chi connectivity index (χ1v) is 7.63. The minimum Gasteiger partial charge on any atom is -0.374 e. The molecule has 1 amide bonds. The normalized spacial score (nSPS) is 12.2. The molecule has 0 spiro atoms. The van der Waals surface area contributed by atoms with Gasteiger partial charge in [-0.05, 0) is 45.0 Å². The first kappa shape index (κ1) is 15.6. The third-order valence-corrected chi connectivity index (χ3v) is 3.56. The second-order valence-electron chi connectivity index (χ2n) is 5.12. The van der Waals surface area contributed by atoms with Crippen molar-refractivity contribution in [2.75, 3.05) is 10.6 Å². The molecular weight excluding hydrogens is 332 g/mol. The number of aromatic nitrogens is 2. The fourth-order valence-electron chi connectivity index (χ4n) is 1.92. The van der Waals surface area contributed by atoms with Crippen molar-refractivity contribution in [2.24, 2.45) is 0 Å². The minimum atomic E-state index is -0.346. The van der Waals surface area contributed by atoms with E-state index < -0.39 is 0 Å². The van der Waals surface area contributed by atoms with Gasteiger partial charge in [0.2, 0.25) is 5.91 Å². The Morgan fingerprint density at radius 1 is 1.19 bits per heavy atom. The average Bonchev–Trinajstić information content (AvgIpc) is 2.89. The van der Waals surface area contributed by atoms with Crippen molar-refractivity contribution in [3.63, 3.8) is 0 Å². The maximum absolute atomic E-state index is 12.2. The van der Waals surface area contributed by atoms with Gasteiger partial charge < -0.3 is 10.6 Å². The Morgan fingerprint density at radius 2 is 1.86 bits per heavy atom. The fourth-order valence-corrected chi connectivity index (χ4v) is 2.19. The van der Waals surface area contributed by atoms with Crippen molar-refractivity contribution in [3.8, 4) is 0 Å². The number of anilines is 2. The molecule has 0 fully saturated rings. The number of hydrogen-bond donors (Lipinski definition) is 2. The number of carbonyl (C=O) groups is 1.